The van der Waals surface area contributed by atoms with Gasteiger partial charge in [0.25, 0.3) is 5.91 Å². The molecular weight excluding hydrogens is 467 g/mol. The molecule has 0 atom stereocenters. The average molecular weight is 493 g/mol. The van der Waals surface area contributed by atoms with Gasteiger partial charge in [-0.2, -0.15) is 5.26 Å². The molecule has 3 aromatic rings. The van der Waals surface area contributed by atoms with E-state index in [1.165, 1.54) is 23.8 Å². The molecule has 0 aliphatic rings. The lowest BCUT2D eigenvalue weighted by Crippen LogP contribution is -2.25. The van der Waals surface area contributed by atoms with E-state index >= 15 is 0 Å². The van der Waals surface area contributed by atoms with Crippen LogP contribution < -0.4 is 14.8 Å². The minimum Gasteiger partial charge on any atom is -0.490 e. The molecule has 0 saturated carbocycles. The highest BCUT2D eigenvalue weighted by Gasteiger charge is 2.15. The summed E-state index contributed by atoms with van der Waals surface area (Å²) in [7, 11) is 0. The normalized spacial score (nSPS) is 11.0. The van der Waals surface area contributed by atoms with Gasteiger partial charge in [0.2, 0.25) is 0 Å². The number of rotatable bonds is 11. The lowest BCUT2D eigenvalue weighted by molar-refractivity contribution is -0.117. The Labute approximate surface area is 209 Å². The first kappa shape index (κ1) is 25.8. The van der Waals surface area contributed by atoms with Crippen molar-refractivity contribution in [2.45, 2.75) is 26.4 Å². The molecule has 0 aliphatic heterocycles. The first-order valence-electron chi connectivity index (χ1n) is 11.3. The summed E-state index contributed by atoms with van der Waals surface area (Å²) in [5.74, 6) is -0.0643. The van der Waals surface area contributed by atoms with Crippen molar-refractivity contribution < 1.29 is 18.7 Å². The van der Waals surface area contributed by atoms with E-state index in [4.69, 9.17) is 21.1 Å². The highest BCUT2D eigenvalue weighted by atomic mass is 35.5. The van der Waals surface area contributed by atoms with Gasteiger partial charge in [-0.15, -0.1) is 0 Å². The van der Waals surface area contributed by atoms with E-state index in [0.717, 1.165) is 18.4 Å². The maximum atomic E-state index is 13.1. The van der Waals surface area contributed by atoms with Crippen molar-refractivity contribution in [3.63, 3.8) is 0 Å². The number of hydrogen-bond acceptors (Lipinski definition) is 4. The zero-order chi connectivity index (χ0) is 25.0. The molecule has 0 aliphatic carbocycles. The molecule has 7 heteroatoms. The van der Waals surface area contributed by atoms with E-state index in [1.807, 2.05) is 43.3 Å². The SMILES string of the molecule is CCOc1cc(/C=C(/C#N)C(=O)NCCCc2ccccc2)cc(Cl)c1OCc1ccc(F)cc1. The molecule has 0 radical (unpaired) electrons. The Balaban J connectivity index is 1.68. The fourth-order valence-electron chi connectivity index (χ4n) is 3.36. The first-order chi connectivity index (χ1) is 17.0. The number of aryl methyl sites for hydroxylation is 1. The molecule has 0 unspecified atom stereocenters. The van der Waals surface area contributed by atoms with Gasteiger partial charge in [0.15, 0.2) is 11.5 Å². The number of nitrogens with zero attached hydrogens (tertiary/aromatic N) is 1. The van der Waals surface area contributed by atoms with E-state index in [1.54, 1.807) is 24.3 Å². The van der Waals surface area contributed by atoms with Gasteiger partial charge in [-0.05, 0) is 66.8 Å². The minimum atomic E-state index is -0.453. The van der Waals surface area contributed by atoms with E-state index in [9.17, 15) is 14.4 Å². The number of carbonyl (C=O) groups is 1. The van der Waals surface area contributed by atoms with Crippen LogP contribution in [0.2, 0.25) is 5.02 Å². The average Bonchev–Trinajstić information content (AvgIpc) is 2.86. The Kier molecular flexibility index (Phi) is 9.70. The number of halogens is 2. The van der Waals surface area contributed by atoms with Crippen LogP contribution in [0.5, 0.6) is 11.5 Å². The fraction of sp³-hybridized carbons (Fsp3) is 0.214. The third kappa shape index (κ3) is 7.87. The smallest absolute Gasteiger partial charge is 0.261 e. The number of benzene rings is 3. The maximum absolute atomic E-state index is 13.1. The highest BCUT2D eigenvalue weighted by molar-refractivity contribution is 6.32. The Bertz CT molecular complexity index is 1210. The van der Waals surface area contributed by atoms with Gasteiger partial charge in [0.1, 0.15) is 24.1 Å². The second kappa shape index (κ2) is 13.2. The molecule has 5 nitrogen and oxygen atoms in total. The van der Waals surface area contributed by atoms with Crippen LogP contribution in [0.25, 0.3) is 6.08 Å². The minimum absolute atomic E-state index is 0.0387. The summed E-state index contributed by atoms with van der Waals surface area (Å²) >= 11 is 6.45. The van der Waals surface area contributed by atoms with Crippen molar-refractivity contribution >= 4 is 23.6 Å². The van der Waals surface area contributed by atoms with Gasteiger partial charge in [-0.25, -0.2) is 4.39 Å². The Hall–Kier alpha value is -3.82. The number of nitrogens with one attached hydrogen (secondary N) is 1. The van der Waals surface area contributed by atoms with Gasteiger partial charge in [-0.3, -0.25) is 4.79 Å². The fourth-order valence-corrected chi connectivity index (χ4v) is 3.63. The van der Waals surface area contributed by atoms with Gasteiger partial charge < -0.3 is 14.8 Å². The summed E-state index contributed by atoms with van der Waals surface area (Å²) < 4.78 is 24.7. The molecule has 1 N–H and O–H groups in total. The van der Waals surface area contributed by atoms with Crippen molar-refractivity contribution in [3.8, 4) is 17.6 Å². The third-order valence-electron chi connectivity index (χ3n) is 5.07. The summed E-state index contributed by atoms with van der Waals surface area (Å²) in [6.45, 7) is 2.81. The van der Waals surface area contributed by atoms with Crippen molar-refractivity contribution in [1.82, 2.24) is 5.32 Å². The summed E-state index contributed by atoms with van der Waals surface area (Å²) in [5.41, 5.74) is 2.45. The number of hydrogen-bond donors (Lipinski definition) is 1. The molecule has 0 fully saturated rings. The van der Waals surface area contributed by atoms with Crippen LogP contribution in [0.4, 0.5) is 4.39 Å². The van der Waals surface area contributed by atoms with Crippen molar-refractivity contribution in [2.75, 3.05) is 13.2 Å². The van der Waals surface area contributed by atoms with Crippen LogP contribution in [0.1, 0.15) is 30.0 Å². The first-order valence-corrected chi connectivity index (χ1v) is 11.7. The molecule has 180 valence electrons. The lowest BCUT2D eigenvalue weighted by Gasteiger charge is -2.15. The molecule has 3 aromatic carbocycles. The second-order valence-corrected chi connectivity index (χ2v) is 8.10. The van der Waals surface area contributed by atoms with Crippen LogP contribution in [0, 0.1) is 17.1 Å². The quantitative estimate of drug-likeness (QED) is 0.199. The molecule has 0 bridgehead atoms. The molecule has 0 heterocycles. The molecule has 3 rings (SSSR count). The van der Waals surface area contributed by atoms with Crippen molar-refractivity contribution in [1.29, 1.82) is 5.26 Å². The van der Waals surface area contributed by atoms with Crippen LogP contribution in [0.15, 0.2) is 72.3 Å². The van der Waals surface area contributed by atoms with Gasteiger partial charge >= 0.3 is 0 Å². The maximum Gasteiger partial charge on any atom is 0.261 e. The van der Waals surface area contributed by atoms with Gasteiger partial charge in [0, 0.05) is 6.54 Å². The topological polar surface area (TPSA) is 71.3 Å². The molecule has 0 aromatic heterocycles. The monoisotopic (exact) mass is 492 g/mol. The van der Waals surface area contributed by atoms with Crippen LogP contribution in [-0.2, 0) is 17.8 Å². The summed E-state index contributed by atoms with van der Waals surface area (Å²) in [4.78, 5) is 12.5. The zero-order valence-corrected chi connectivity index (χ0v) is 20.1. The van der Waals surface area contributed by atoms with E-state index in [2.05, 4.69) is 5.32 Å². The van der Waals surface area contributed by atoms with Crippen LogP contribution in [0.3, 0.4) is 0 Å². The van der Waals surface area contributed by atoms with Crippen molar-refractivity contribution in [3.05, 3.63) is 99.8 Å². The predicted molar refractivity (Wildman–Crippen MR) is 135 cm³/mol. The van der Waals surface area contributed by atoms with Crippen LogP contribution >= 0.6 is 11.6 Å². The Morgan fingerprint density at radius 2 is 1.83 bits per heavy atom. The summed E-state index contributed by atoms with van der Waals surface area (Å²) in [6.07, 6.45) is 3.05. The highest BCUT2D eigenvalue weighted by Crippen LogP contribution is 2.38. The summed E-state index contributed by atoms with van der Waals surface area (Å²) in [6, 6.07) is 21.2. The lowest BCUT2D eigenvalue weighted by atomic mass is 10.1. The third-order valence-corrected chi connectivity index (χ3v) is 5.36. The van der Waals surface area contributed by atoms with Crippen molar-refractivity contribution in [2.24, 2.45) is 0 Å². The predicted octanol–water partition coefficient (Wildman–Crippen LogP) is 6.11. The van der Waals surface area contributed by atoms with E-state index in [-0.39, 0.29) is 23.0 Å². The molecule has 0 spiro atoms. The summed E-state index contributed by atoms with van der Waals surface area (Å²) in [5, 5.41) is 12.6. The van der Waals surface area contributed by atoms with Gasteiger partial charge in [0.05, 0.1) is 11.6 Å². The number of ether oxygens (including phenoxy) is 2. The Morgan fingerprint density at radius 1 is 1.09 bits per heavy atom. The molecule has 0 saturated heterocycles. The van der Waals surface area contributed by atoms with E-state index in [0.29, 0.717) is 30.2 Å². The number of nitriles is 1. The molecule has 1 amide bonds. The number of amides is 1. The zero-order valence-electron chi connectivity index (χ0n) is 19.4. The largest absolute Gasteiger partial charge is 0.490 e. The number of carbonyl (C=O) groups excluding carboxylic acids is 1. The van der Waals surface area contributed by atoms with Gasteiger partial charge in [-0.1, -0.05) is 54.1 Å². The Morgan fingerprint density at radius 3 is 2.51 bits per heavy atom. The molecule has 35 heavy (non-hydrogen) atoms. The van der Waals surface area contributed by atoms with Crippen LogP contribution in [-0.4, -0.2) is 19.1 Å². The standard InChI is InChI=1S/C28H26ClFN2O3/c1-2-34-26-17-22(16-25(29)27(26)35-19-21-10-12-24(30)13-11-21)15-23(18-31)28(33)32-14-6-9-20-7-4-3-5-8-20/h3-5,7-8,10-13,15-17H,2,6,9,14,19H2,1H3,(H,32,33)/b23-15-. The molecular formula is C28H26ClFN2O3. The van der Waals surface area contributed by atoms with E-state index < -0.39 is 5.91 Å². The second-order valence-electron chi connectivity index (χ2n) is 7.69.